The molecule has 0 radical (unpaired) electrons. The lowest BCUT2D eigenvalue weighted by molar-refractivity contribution is -0.104. The van der Waals surface area contributed by atoms with Crippen molar-refractivity contribution in [3.63, 3.8) is 0 Å². The fourth-order valence-electron chi connectivity index (χ4n) is 1.32. The van der Waals surface area contributed by atoms with Crippen molar-refractivity contribution in [2.75, 3.05) is 0 Å². The molecular weight excluding hydrogens is 230 g/mol. The summed E-state index contributed by atoms with van der Waals surface area (Å²) in [6.07, 6.45) is 7.16. The van der Waals surface area contributed by atoms with Crippen LogP contribution >= 0.6 is 0 Å². The number of carbonyl (C=O) groups excluding carboxylic acids is 2. The molecule has 1 amide bonds. The Morgan fingerprint density at radius 1 is 1.28 bits per heavy atom. The van der Waals surface area contributed by atoms with Gasteiger partial charge in [-0.3, -0.25) is 15.0 Å². The van der Waals surface area contributed by atoms with Crippen molar-refractivity contribution in [3.05, 3.63) is 59.8 Å². The summed E-state index contributed by atoms with van der Waals surface area (Å²) in [5.41, 5.74) is 3.56. The van der Waals surface area contributed by atoms with Crippen LogP contribution in [0, 0.1) is 0 Å². The van der Waals surface area contributed by atoms with Crippen LogP contribution in [0.15, 0.2) is 48.7 Å². The molecule has 0 bridgehead atoms. The van der Waals surface area contributed by atoms with Gasteiger partial charge >= 0.3 is 0 Å². The van der Waals surface area contributed by atoms with Gasteiger partial charge in [0.2, 0.25) is 0 Å². The van der Waals surface area contributed by atoms with Crippen LogP contribution in [0.4, 0.5) is 0 Å². The number of hydrogen-bond donors (Lipinski definition) is 3. The smallest absolute Gasteiger partial charge is 0.265 e. The van der Waals surface area contributed by atoms with Crippen LogP contribution in [0.3, 0.4) is 0 Å². The Bertz CT molecular complexity index is 467. The Labute approximate surface area is 105 Å². The van der Waals surface area contributed by atoms with Crippen molar-refractivity contribution in [1.29, 1.82) is 0 Å². The zero-order valence-electron chi connectivity index (χ0n) is 9.80. The zero-order chi connectivity index (χ0) is 13.2. The molecule has 1 aromatic rings. The quantitative estimate of drug-likeness (QED) is 0.171. The second kappa shape index (κ2) is 7.81. The topological polar surface area (TPSA) is 84.2 Å². The van der Waals surface area contributed by atoms with E-state index in [-0.39, 0.29) is 5.91 Å². The molecule has 5 heteroatoms. The van der Waals surface area contributed by atoms with E-state index in [2.05, 4.69) is 10.7 Å². The number of nitrogens with one attached hydrogen (secondary N) is 2. The maximum atomic E-state index is 11.3. The summed E-state index contributed by atoms with van der Waals surface area (Å²) in [7, 11) is 0. The molecule has 18 heavy (non-hydrogen) atoms. The minimum absolute atomic E-state index is 0.318. The van der Waals surface area contributed by atoms with Crippen molar-refractivity contribution in [1.82, 2.24) is 10.7 Å². The van der Waals surface area contributed by atoms with E-state index < -0.39 is 0 Å². The molecule has 0 aliphatic carbocycles. The van der Waals surface area contributed by atoms with E-state index in [0.29, 0.717) is 18.4 Å². The van der Waals surface area contributed by atoms with E-state index in [4.69, 9.17) is 5.84 Å². The van der Waals surface area contributed by atoms with Gasteiger partial charge in [0.15, 0.2) is 0 Å². The fraction of sp³-hybridized carbons (Fsp3) is 0.0769. The predicted octanol–water partition coefficient (Wildman–Crippen LogP) is 0.648. The van der Waals surface area contributed by atoms with Crippen LogP contribution in [0.5, 0.6) is 0 Å². The van der Waals surface area contributed by atoms with Crippen molar-refractivity contribution in [2.45, 2.75) is 6.54 Å². The van der Waals surface area contributed by atoms with Gasteiger partial charge in [-0.05, 0) is 36.0 Å². The minimum atomic E-state index is -0.318. The number of benzene rings is 1. The highest BCUT2D eigenvalue weighted by atomic mass is 16.2. The Hall–Kier alpha value is -2.40. The molecule has 1 rings (SSSR count). The first-order valence-corrected chi connectivity index (χ1v) is 5.38. The highest BCUT2D eigenvalue weighted by Gasteiger charge is 2.02. The monoisotopic (exact) mass is 245 g/mol. The summed E-state index contributed by atoms with van der Waals surface area (Å²) in [5.74, 6) is 4.74. The molecule has 0 aromatic heterocycles. The van der Waals surface area contributed by atoms with E-state index in [0.717, 1.165) is 5.56 Å². The van der Waals surface area contributed by atoms with Crippen LogP contribution in [-0.4, -0.2) is 12.2 Å². The number of carbonyl (C=O) groups is 2. The second-order valence-electron chi connectivity index (χ2n) is 3.43. The number of nitrogens with two attached hydrogens (primary N) is 1. The van der Waals surface area contributed by atoms with Crippen LogP contribution in [0.25, 0.3) is 0 Å². The van der Waals surface area contributed by atoms with E-state index in [1.807, 2.05) is 6.07 Å². The molecular formula is C13H15N3O2. The zero-order valence-corrected chi connectivity index (χ0v) is 9.80. The minimum Gasteiger partial charge on any atom is -0.387 e. The molecule has 0 fully saturated rings. The highest BCUT2D eigenvalue weighted by Crippen LogP contribution is 2.04. The summed E-state index contributed by atoms with van der Waals surface area (Å²) in [5, 5.41) is 3.03. The number of amides is 1. The van der Waals surface area contributed by atoms with Gasteiger partial charge in [-0.25, -0.2) is 5.84 Å². The lowest BCUT2D eigenvalue weighted by Gasteiger charge is -2.04. The number of hydrogen-bond acceptors (Lipinski definition) is 4. The molecule has 0 unspecified atom stereocenters. The van der Waals surface area contributed by atoms with Crippen molar-refractivity contribution < 1.29 is 9.59 Å². The summed E-state index contributed by atoms with van der Waals surface area (Å²) in [6.45, 7) is 0.580. The molecule has 0 heterocycles. The molecule has 0 spiro atoms. The molecule has 0 aliphatic heterocycles. The maximum Gasteiger partial charge on any atom is 0.265 e. The average molecular weight is 245 g/mol. The first kappa shape index (κ1) is 13.7. The molecule has 4 N–H and O–H groups in total. The van der Waals surface area contributed by atoms with Gasteiger partial charge in [-0.1, -0.05) is 18.2 Å². The molecule has 0 atom stereocenters. The van der Waals surface area contributed by atoms with Crippen molar-refractivity contribution in [2.24, 2.45) is 5.84 Å². The Morgan fingerprint density at radius 3 is 2.83 bits per heavy atom. The summed E-state index contributed by atoms with van der Waals surface area (Å²) < 4.78 is 0. The predicted molar refractivity (Wildman–Crippen MR) is 69.3 cm³/mol. The summed E-state index contributed by atoms with van der Waals surface area (Å²) >= 11 is 0. The molecule has 5 nitrogen and oxygen atoms in total. The number of allylic oxidation sites excluding steroid dienone is 3. The average Bonchev–Trinajstić information content (AvgIpc) is 2.42. The van der Waals surface area contributed by atoms with Crippen molar-refractivity contribution >= 4 is 12.2 Å². The normalized spacial score (nSPS) is 10.7. The Kier molecular flexibility index (Phi) is 5.93. The SMILES string of the molecule is NNC(=O)c1cccc(CN/C=C\C=C/C=O)c1. The first-order valence-electron chi connectivity index (χ1n) is 5.38. The third-order valence-corrected chi connectivity index (χ3v) is 2.14. The van der Waals surface area contributed by atoms with Crippen LogP contribution in [0.1, 0.15) is 15.9 Å². The molecule has 0 saturated heterocycles. The fourth-order valence-corrected chi connectivity index (χ4v) is 1.32. The largest absolute Gasteiger partial charge is 0.387 e. The van der Waals surface area contributed by atoms with E-state index in [1.54, 1.807) is 36.6 Å². The number of nitrogen functional groups attached to an aromatic ring is 1. The highest BCUT2D eigenvalue weighted by molar-refractivity contribution is 5.93. The summed E-state index contributed by atoms with van der Waals surface area (Å²) in [4.78, 5) is 21.3. The van der Waals surface area contributed by atoms with Gasteiger partial charge in [0.05, 0.1) is 0 Å². The standard InChI is InChI=1S/C13H15N3O2/c14-16-13(18)12-6-4-5-11(9-12)10-15-7-2-1-3-8-17/h1-9,15H,10,14H2,(H,16,18)/b3-1-,7-2-. The van der Waals surface area contributed by atoms with Gasteiger partial charge in [0, 0.05) is 12.1 Å². The Balaban J connectivity index is 2.52. The molecule has 94 valence electrons. The van der Waals surface area contributed by atoms with Gasteiger partial charge in [0.1, 0.15) is 6.29 Å². The van der Waals surface area contributed by atoms with E-state index in [9.17, 15) is 9.59 Å². The molecule has 0 aliphatic rings. The van der Waals surface area contributed by atoms with Crippen LogP contribution in [0.2, 0.25) is 0 Å². The van der Waals surface area contributed by atoms with Gasteiger partial charge in [-0.15, -0.1) is 0 Å². The van der Waals surface area contributed by atoms with E-state index >= 15 is 0 Å². The van der Waals surface area contributed by atoms with E-state index in [1.165, 1.54) is 6.08 Å². The lowest BCUT2D eigenvalue weighted by atomic mass is 10.1. The lowest BCUT2D eigenvalue weighted by Crippen LogP contribution is -2.30. The number of hydrazine groups is 1. The number of aldehydes is 1. The third kappa shape index (κ3) is 4.63. The second-order valence-corrected chi connectivity index (χ2v) is 3.43. The van der Waals surface area contributed by atoms with Gasteiger partial charge < -0.3 is 5.32 Å². The molecule has 1 aromatic carbocycles. The summed E-state index contributed by atoms with van der Waals surface area (Å²) in [6, 6.07) is 7.13. The Morgan fingerprint density at radius 2 is 2.11 bits per heavy atom. The maximum absolute atomic E-state index is 11.3. The number of rotatable bonds is 6. The first-order chi connectivity index (χ1) is 8.77. The third-order valence-electron chi connectivity index (χ3n) is 2.14. The van der Waals surface area contributed by atoms with Crippen LogP contribution < -0.4 is 16.6 Å². The van der Waals surface area contributed by atoms with Crippen molar-refractivity contribution in [3.8, 4) is 0 Å². The van der Waals surface area contributed by atoms with Crippen LogP contribution in [-0.2, 0) is 11.3 Å². The van der Waals surface area contributed by atoms with Gasteiger partial charge in [0.25, 0.3) is 5.91 Å². The van der Waals surface area contributed by atoms with Gasteiger partial charge in [-0.2, -0.15) is 0 Å². The molecule has 0 saturated carbocycles.